The van der Waals surface area contributed by atoms with E-state index < -0.39 is 0 Å². The van der Waals surface area contributed by atoms with Crippen LogP contribution in [0.2, 0.25) is 0 Å². The summed E-state index contributed by atoms with van der Waals surface area (Å²) < 4.78 is 0. The van der Waals surface area contributed by atoms with E-state index in [-0.39, 0.29) is 18.0 Å². The molecule has 1 aromatic heterocycles. The molecule has 2 N–H and O–H groups in total. The number of hydrogen-bond donors (Lipinski definition) is 2. The van der Waals surface area contributed by atoms with Crippen molar-refractivity contribution in [3.63, 3.8) is 0 Å². The van der Waals surface area contributed by atoms with Crippen molar-refractivity contribution in [1.29, 1.82) is 0 Å². The Balaban J connectivity index is 1.70. The van der Waals surface area contributed by atoms with Crippen molar-refractivity contribution in [3.8, 4) is 11.4 Å². The number of aromatic nitrogens is 2. The van der Waals surface area contributed by atoms with Crippen LogP contribution in [0.5, 0.6) is 0 Å². The number of benzene rings is 1. The Morgan fingerprint density at radius 1 is 1.33 bits per heavy atom. The molecule has 2 aliphatic heterocycles. The lowest BCUT2D eigenvalue weighted by atomic mass is 10.0. The van der Waals surface area contributed by atoms with Gasteiger partial charge in [0.05, 0.1) is 6.04 Å². The van der Waals surface area contributed by atoms with Gasteiger partial charge in [-0.15, -0.1) is 0 Å². The van der Waals surface area contributed by atoms with Crippen LogP contribution in [0.15, 0.2) is 60.4 Å². The fraction of sp³-hybridized carbons (Fsp3) is 0.308. The van der Waals surface area contributed by atoms with Gasteiger partial charge in [-0.1, -0.05) is 36.9 Å². The van der Waals surface area contributed by atoms with Crippen molar-refractivity contribution in [1.82, 2.24) is 20.2 Å². The van der Waals surface area contributed by atoms with E-state index in [1.54, 1.807) is 0 Å². The lowest BCUT2D eigenvalue weighted by Crippen LogP contribution is -2.42. The number of anilines is 1. The summed E-state index contributed by atoms with van der Waals surface area (Å²) in [4.78, 5) is 27.7. The summed E-state index contributed by atoms with van der Waals surface area (Å²) in [6.07, 6.45) is 11.0. The van der Waals surface area contributed by atoms with Crippen LogP contribution >= 0.6 is 0 Å². The SMILES string of the molecule is C=C/C(=C\N(C)C)c1cccc(-c2ncc(C3=CC(C)N=C3)c(NC3CCC(=O)NC3)n2)c1. The summed E-state index contributed by atoms with van der Waals surface area (Å²) in [5, 5.41) is 6.48. The number of amides is 1. The number of hydrogen-bond acceptors (Lipinski definition) is 6. The number of nitrogens with one attached hydrogen (secondary N) is 2. The second-order valence-electron chi connectivity index (χ2n) is 8.61. The molecule has 3 heterocycles. The largest absolute Gasteiger partial charge is 0.383 e. The summed E-state index contributed by atoms with van der Waals surface area (Å²) in [5.74, 6) is 1.49. The second kappa shape index (κ2) is 9.81. The van der Waals surface area contributed by atoms with Crippen LogP contribution in [0.1, 0.15) is 30.9 Å². The van der Waals surface area contributed by atoms with Gasteiger partial charge in [0.2, 0.25) is 5.91 Å². The number of allylic oxidation sites excluding steroid dienone is 3. The molecule has 0 spiro atoms. The topological polar surface area (TPSA) is 82.5 Å². The van der Waals surface area contributed by atoms with Crippen molar-refractivity contribution in [3.05, 3.63) is 66.5 Å². The highest BCUT2D eigenvalue weighted by atomic mass is 16.1. The second-order valence-corrected chi connectivity index (χ2v) is 8.61. The molecule has 0 saturated carbocycles. The predicted molar refractivity (Wildman–Crippen MR) is 135 cm³/mol. The van der Waals surface area contributed by atoms with Gasteiger partial charge in [-0.2, -0.15) is 0 Å². The molecule has 7 nitrogen and oxygen atoms in total. The minimum absolute atomic E-state index is 0.0942. The lowest BCUT2D eigenvalue weighted by molar-refractivity contribution is -0.122. The van der Waals surface area contributed by atoms with E-state index in [4.69, 9.17) is 9.97 Å². The summed E-state index contributed by atoms with van der Waals surface area (Å²) in [6, 6.07) is 8.40. The fourth-order valence-electron chi connectivity index (χ4n) is 3.96. The normalized spacial score (nSPS) is 20.3. The zero-order valence-electron chi connectivity index (χ0n) is 19.4. The van der Waals surface area contributed by atoms with Crippen molar-refractivity contribution in [2.24, 2.45) is 4.99 Å². The van der Waals surface area contributed by atoms with E-state index in [2.05, 4.69) is 40.4 Å². The van der Waals surface area contributed by atoms with Crippen LogP contribution in [0, 0.1) is 0 Å². The Bertz CT molecular complexity index is 1140. The van der Waals surface area contributed by atoms with Gasteiger partial charge < -0.3 is 15.5 Å². The summed E-state index contributed by atoms with van der Waals surface area (Å²) in [5.41, 5.74) is 4.92. The van der Waals surface area contributed by atoms with Crippen LogP contribution < -0.4 is 10.6 Å². The average molecular weight is 443 g/mol. The first-order valence-corrected chi connectivity index (χ1v) is 11.2. The third kappa shape index (κ3) is 5.37. The zero-order chi connectivity index (χ0) is 23.4. The molecule has 1 fully saturated rings. The Morgan fingerprint density at radius 2 is 2.18 bits per heavy atom. The standard InChI is InChI=1S/C26H30N6O/c1-5-18(16-32(3)4)19-7-6-8-20(12-19)25-29-15-23(21-11-17(2)27-13-21)26(31-25)30-22-9-10-24(33)28-14-22/h5-8,11-13,15-17,22H,1,9-10,14H2,2-4H3,(H,28,33)(H,29,30,31)/b18-16+. The lowest BCUT2D eigenvalue weighted by Gasteiger charge is -2.25. The molecular weight excluding hydrogens is 412 g/mol. The van der Waals surface area contributed by atoms with Gasteiger partial charge in [-0.25, -0.2) is 9.97 Å². The third-order valence-electron chi connectivity index (χ3n) is 5.65. The van der Waals surface area contributed by atoms with Crippen molar-refractivity contribution in [2.45, 2.75) is 31.8 Å². The maximum absolute atomic E-state index is 11.6. The van der Waals surface area contributed by atoms with Crippen LogP contribution in [0.3, 0.4) is 0 Å². The molecular formula is C26H30N6O. The molecule has 33 heavy (non-hydrogen) atoms. The summed E-state index contributed by atoms with van der Waals surface area (Å²) in [6.45, 7) is 6.58. The molecule has 7 heteroatoms. The van der Waals surface area contributed by atoms with Crippen LogP contribution in [-0.4, -0.2) is 59.7 Å². The van der Waals surface area contributed by atoms with Crippen LogP contribution in [0.25, 0.3) is 22.5 Å². The summed E-state index contributed by atoms with van der Waals surface area (Å²) >= 11 is 0. The molecule has 1 saturated heterocycles. The van der Waals surface area contributed by atoms with Crippen LogP contribution in [0.4, 0.5) is 5.82 Å². The van der Waals surface area contributed by atoms with Gasteiger partial charge in [0.1, 0.15) is 5.82 Å². The molecule has 0 radical (unpaired) electrons. The van der Waals surface area contributed by atoms with Gasteiger partial charge >= 0.3 is 0 Å². The van der Waals surface area contributed by atoms with Gasteiger partial charge in [-0.3, -0.25) is 9.79 Å². The minimum atomic E-state index is 0.0942. The number of piperidine rings is 1. The number of nitrogens with zero attached hydrogens (tertiary/aromatic N) is 4. The Hall–Kier alpha value is -3.74. The third-order valence-corrected chi connectivity index (χ3v) is 5.65. The molecule has 1 aromatic carbocycles. The number of carbonyl (C=O) groups excluding carboxylic acids is 1. The zero-order valence-corrected chi connectivity index (χ0v) is 19.4. The predicted octanol–water partition coefficient (Wildman–Crippen LogP) is 3.78. The molecule has 0 aliphatic carbocycles. The molecule has 2 atom stereocenters. The molecule has 4 rings (SSSR count). The van der Waals surface area contributed by atoms with Gasteiger partial charge in [0.15, 0.2) is 5.82 Å². The van der Waals surface area contributed by atoms with Gasteiger partial charge in [-0.05, 0) is 30.5 Å². The Labute approximate surface area is 195 Å². The van der Waals surface area contributed by atoms with E-state index in [1.807, 2.05) is 62.7 Å². The van der Waals surface area contributed by atoms with Gasteiger partial charge in [0, 0.05) is 68.4 Å². The van der Waals surface area contributed by atoms with Crippen molar-refractivity contribution >= 4 is 29.1 Å². The first-order valence-electron chi connectivity index (χ1n) is 11.2. The maximum atomic E-state index is 11.6. The molecule has 0 bridgehead atoms. The van der Waals surface area contributed by atoms with E-state index in [9.17, 15) is 4.79 Å². The quantitative estimate of drug-likeness (QED) is 0.638. The minimum Gasteiger partial charge on any atom is -0.383 e. The smallest absolute Gasteiger partial charge is 0.220 e. The average Bonchev–Trinajstić information content (AvgIpc) is 3.25. The number of aliphatic imine (C=N–C) groups is 1. The maximum Gasteiger partial charge on any atom is 0.220 e. The molecule has 1 amide bonds. The van der Waals surface area contributed by atoms with E-state index >= 15 is 0 Å². The van der Waals surface area contributed by atoms with Crippen molar-refractivity contribution < 1.29 is 4.79 Å². The monoisotopic (exact) mass is 442 g/mol. The van der Waals surface area contributed by atoms with Crippen LogP contribution in [-0.2, 0) is 4.79 Å². The highest BCUT2D eigenvalue weighted by molar-refractivity contribution is 6.13. The molecule has 2 aliphatic rings. The summed E-state index contributed by atoms with van der Waals surface area (Å²) in [7, 11) is 3.98. The Kier molecular flexibility index (Phi) is 6.68. The number of rotatable bonds is 7. The number of carbonyl (C=O) groups is 1. The highest BCUT2D eigenvalue weighted by Crippen LogP contribution is 2.29. The first kappa shape index (κ1) is 22.5. The van der Waals surface area contributed by atoms with Crippen molar-refractivity contribution in [2.75, 3.05) is 26.0 Å². The van der Waals surface area contributed by atoms with E-state index in [0.29, 0.717) is 18.8 Å². The highest BCUT2D eigenvalue weighted by Gasteiger charge is 2.22. The van der Waals surface area contributed by atoms with Gasteiger partial charge in [0.25, 0.3) is 0 Å². The fourth-order valence-corrected chi connectivity index (χ4v) is 3.96. The van der Waals surface area contributed by atoms with E-state index in [1.165, 1.54) is 0 Å². The van der Waals surface area contributed by atoms with E-state index in [0.717, 1.165) is 40.1 Å². The molecule has 2 aromatic rings. The molecule has 2 unspecified atom stereocenters. The first-order chi connectivity index (χ1) is 15.9. The molecule has 170 valence electrons. The Morgan fingerprint density at radius 3 is 2.85 bits per heavy atom.